The summed E-state index contributed by atoms with van der Waals surface area (Å²) in [6, 6.07) is 9.84. The van der Waals surface area contributed by atoms with Gasteiger partial charge in [0.25, 0.3) is 5.69 Å². The van der Waals surface area contributed by atoms with Gasteiger partial charge in [0.2, 0.25) is 5.91 Å². The molecule has 2 aromatic rings. The number of thioether (sulfide) groups is 2. The number of anilines is 1. The van der Waals surface area contributed by atoms with Gasteiger partial charge in [-0.1, -0.05) is 12.1 Å². The Labute approximate surface area is 167 Å². The third-order valence-corrected chi connectivity index (χ3v) is 6.27. The van der Waals surface area contributed by atoms with Crippen LogP contribution in [0.4, 0.5) is 24.5 Å². The first kappa shape index (κ1) is 20.5. The minimum Gasteiger partial charge on any atom is -0.311 e. The van der Waals surface area contributed by atoms with E-state index in [9.17, 15) is 28.1 Å². The van der Waals surface area contributed by atoms with Crippen LogP contribution in [0.2, 0.25) is 0 Å². The summed E-state index contributed by atoms with van der Waals surface area (Å²) in [4.78, 5) is 25.7. The highest BCUT2D eigenvalue weighted by molar-refractivity contribution is 8.00. The molecule has 0 aliphatic carbocycles. The van der Waals surface area contributed by atoms with E-state index in [2.05, 4.69) is 0 Å². The number of alkyl halides is 3. The highest BCUT2D eigenvalue weighted by Gasteiger charge is 2.33. The number of fused-ring (bicyclic) bond motifs is 1. The average Bonchev–Trinajstić information content (AvgIpc) is 2.87. The van der Waals surface area contributed by atoms with Gasteiger partial charge in [-0.15, -0.1) is 23.5 Å². The molecule has 0 spiro atoms. The van der Waals surface area contributed by atoms with Crippen molar-refractivity contribution in [3.8, 4) is 0 Å². The van der Waals surface area contributed by atoms with Crippen molar-refractivity contribution in [2.24, 2.45) is 0 Å². The Balaban J connectivity index is 1.79. The number of nitro groups is 1. The second kappa shape index (κ2) is 8.44. The SMILES string of the molecule is O=C(CSc1ccc(C(F)(F)F)cc1[N+](=O)[O-])N1CCCSc2ccccc21. The molecule has 5 nitrogen and oxygen atoms in total. The summed E-state index contributed by atoms with van der Waals surface area (Å²) in [6.07, 6.45) is -3.87. The second-order valence-electron chi connectivity index (χ2n) is 5.94. The van der Waals surface area contributed by atoms with Gasteiger partial charge in [0, 0.05) is 17.5 Å². The fourth-order valence-electron chi connectivity index (χ4n) is 2.76. The molecule has 0 fully saturated rings. The molecule has 0 unspecified atom stereocenters. The Morgan fingerprint density at radius 3 is 2.71 bits per heavy atom. The van der Waals surface area contributed by atoms with E-state index < -0.39 is 22.4 Å². The smallest absolute Gasteiger partial charge is 0.311 e. The van der Waals surface area contributed by atoms with Gasteiger partial charge in [0.1, 0.15) is 0 Å². The molecule has 0 N–H and O–H groups in total. The van der Waals surface area contributed by atoms with Gasteiger partial charge >= 0.3 is 6.18 Å². The normalized spacial score (nSPS) is 14.3. The Bertz CT molecular complexity index is 906. The summed E-state index contributed by atoms with van der Waals surface area (Å²) in [6.45, 7) is 0.526. The van der Waals surface area contributed by atoms with Gasteiger partial charge in [-0.05, 0) is 36.4 Å². The van der Waals surface area contributed by atoms with E-state index in [0.717, 1.165) is 46.7 Å². The number of nitro benzene ring substituents is 1. The van der Waals surface area contributed by atoms with Crippen molar-refractivity contribution >= 4 is 40.8 Å². The third-order valence-electron chi connectivity index (χ3n) is 4.07. The number of halogens is 3. The number of amides is 1. The van der Waals surface area contributed by atoms with Gasteiger partial charge in [0.05, 0.1) is 26.8 Å². The molecule has 0 saturated carbocycles. The number of hydrogen-bond acceptors (Lipinski definition) is 5. The van der Waals surface area contributed by atoms with Crippen molar-refractivity contribution in [3.63, 3.8) is 0 Å². The van der Waals surface area contributed by atoms with E-state index >= 15 is 0 Å². The molecule has 2 aromatic carbocycles. The number of hydrogen-bond donors (Lipinski definition) is 0. The van der Waals surface area contributed by atoms with Gasteiger partial charge in [0.15, 0.2) is 0 Å². The van der Waals surface area contributed by atoms with Crippen molar-refractivity contribution in [1.82, 2.24) is 0 Å². The summed E-state index contributed by atoms with van der Waals surface area (Å²) in [5.41, 5.74) is -0.953. The Kier molecular flexibility index (Phi) is 6.19. The monoisotopic (exact) mass is 428 g/mol. The Hall–Kier alpha value is -2.20. The van der Waals surface area contributed by atoms with Crippen LogP contribution in [0, 0.1) is 10.1 Å². The largest absolute Gasteiger partial charge is 0.416 e. The quantitative estimate of drug-likeness (QED) is 0.379. The molecule has 1 heterocycles. The maximum atomic E-state index is 12.8. The second-order valence-corrected chi connectivity index (χ2v) is 8.10. The summed E-state index contributed by atoms with van der Waals surface area (Å²) < 4.78 is 38.4. The van der Waals surface area contributed by atoms with Crippen LogP contribution >= 0.6 is 23.5 Å². The molecular formula is C18H15F3N2O3S2. The van der Waals surface area contributed by atoms with Crippen LogP contribution in [-0.2, 0) is 11.0 Å². The highest BCUT2D eigenvalue weighted by Crippen LogP contribution is 2.38. The average molecular weight is 428 g/mol. The molecule has 3 rings (SSSR count). The van der Waals surface area contributed by atoms with Crippen LogP contribution in [0.3, 0.4) is 0 Å². The number of para-hydroxylation sites is 1. The maximum absolute atomic E-state index is 12.8. The molecule has 0 atom stereocenters. The van der Waals surface area contributed by atoms with Gasteiger partial charge in [-0.25, -0.2) is 0 Å². The summed E-state index contributed by atoms with van der Waals surface area (Å²) in [5.74, 6) is 0.526. The van der Waals surface area contributed by atoms with Crippen molar-refractivity contribution in [3.05, 3.63) is 58.1 Å². The number of nitrogens with zero attached hydrogens (tertiary/aromatic N) is 2. The molecule has 28 heavy (non-hydrogen) atoms. The predicted molar refractivity (Wildman–Crippen MR) is 103 cm³/mol. The van der Waals surface area contributed by atoms with Crippen LogP contribution in [0.25, 0.3) is 0 Å². The number of carbonyl (C=O) groups is 1. The highest BCUT2D eigenvalue weighted by atomic mass is 32.2. The van der Waals surface area contributed by atoms with E-state index in [1.54, 1.807) is 16.7 Å². The number of carbonyl (C=O) groups excluding carboxylic acids is 1. The van der Waals surface area contributed by atoms with Crippen LogP contribution in [0.15, 0.2) is 52.3 Å². The first-order chi connectivity index (χ1) is 13.3. The Morgan fingerprint density at radius 1 is 1.25 bits per heavy atom. The first-order valence-electron chi connectivity index (χ1n) is 8.28. The molecule has 1 aliphatic heterocycles. The van der Waals surface area contributed by atoms with Gasteiger partial charge in [-0.2, -0.15) is 13.2 Å². The summed E-state index contributed by atoms with van der Waals surface area (Å²) in [5, 5.41) is 11.2. The van der Waals surface area contributed by atoms with Crippen LogP contribution in [-0.4, -0.2) is 28.9 Å². The van der Waals surface area contributed by atoms with Crippen molar-refractivity contribution in [2.75, 3.05) is 23.0 Å². The lowest BCUT2D eigenvalue weighted by Crippen LogP contribution is -2.33. The van der Waals surface area contributed by atoms with Crippen LogP contribution in [0.5, 0.6) is 0 Å². The number of benzene rings is 2. The summed E-state index contributed by atoms with van der Waals surface area (Å²) >= 11 is 2.53. The molecule has 0 saturated heterocycles. The first-order valence-corrected chi connectivity index (χ1v) is 10.2. The fourth-order valence-corrected chi connectivity index (χ4v) is 4.64. The van der Waals surface area contributed by atoms with Crippen LogP contribution in [0.1, 0.15) is 12.0 Å². The lowest BCUT2D eigenvalue weighted by atomic mass is 10.2. The van der Waals surface area contributed by atoms with Gasteiger partial charge in [-0.3, -0.25) is 14.9 Å². The van der Waals surface area contributed by atoms with Crippen molar-refractivity contribution < 1.29 is 22.9 Å². The third kappa shape index (κ3) is 4.61. The molecule has 0 aromatic heterocycles. The van der Waals surface area contributed by atoms with Crippen molar-refractivity contribution in [2.45, 2.75) is 22.4 Å². The van der Waals surface area contributed by atoms with Crippen LogP contribution < -0.4 is 4.90 Å². The van der Waals surface area contributed by atoms with E-state index in [-0.39, 0.29) is 16.6 Å². The summed E-state index contributed by atoms with van der Waals surface area (Å²) in [7, 11) is 0. The van der Waals surface area contributed by atoms with E-state index in [1.165, 1.54) is 0 Å². The molecule has 1 amide bonds. The maximum Gasteiger partial charge on any atom is 0.416 e. The molecule has 148 valence electrons. The topological polar surface area (TPSA) is 63.4 Å². The predicted octanol–water partition coefficient (Wildman–Crippen LogP) is 5.23. The lowest BCUT2D eigenvalue weighted by molar-refractivity contribution is -0.388. The number of rotatable bonds is 4. The van der Waals surface area contributed by atoms with E-state index in [4.69, 9.17) is 0 Å². The van der Waals surface area contributed by atoms with E-state index in [1.807, 2.05) is 24.3 Å². The molecule has 0 bridgehead atoms. The molecule has 10 heteroatoms. The van der Waals surface area contributed by atoms with E-state index in [0.29, 0.717) is 12.6 Å². The van der Waals surface area contributed by atoms with Crippen molar-refractivity contribution in [1.29, 1.82) is 0 Å². The zero-order valence-electron chi connectivity index (χ0n) is 14.4. The Morgan fingerprint density at radius 2 is 2.00 bits per heavy atom. The standard InChI is InChI=1S/C18H15F3N2O3S2/c19-18(20,21)12-6-7-16(14(10-12)23(25)26)28-11-17(24)22-8-3-9-27-15-5-2-1-4-13(15)22/h1-2,4-7,10H,3,8-9,11H2. The molecular weight excluding hydrogens is 413 g/mol. The zero-order valence-corrected chi connectivity index (χ0v) is 16.1. The molecule has 0 radical (unpaired) electrons. The minimum absolute atomic E-state index is 0.0313. The zero-order chi connectivity index (χ0) is 20.3. The lowest BCUT2D eigenvalue weighted by Gasteiger charge is -2.22. The minimum atomic E-state index is -4.67. The fraction of sp³-hybridized carbons (Fsp3) is 0.278. The molecule has 1 aliphatic rings. The van der Waals surface area contributed by atoms with Gasteiger partial charge < -0.3 is 4.90 Å².